The minimum atomic E-state index is -0.516. The second-order valence-electron chi connectivity index (χ2n) is 4.38. The van der Waals surface area contributed by atoms with E-state index in [4.69, 9.17) is 11.0 Å². The molecule has 0 spiro atoms. The van der Waals surface area contributed by atoms with Crippen LogP contribution in [-0.4, -0.2) is 11.9 Å². The summed E-state index contributed by atoms with van der Waals surface area (Å²) in [6.45, 7) is 4.96. The Kier molecular flexibility index (Phi) is 4.40. The standard InChI is InChI=1S/C13H16FN3O/c1-7(9(3)16)13(18)17-12-5-10(6-15)4-11(14)8(12)2/h4-5,7,9H,16H2,1-3H3,(H,17,18). The van der Waals surface area contributed by atoms with E-state index in [1.165, 1.54) is 6.07 Å². The Morgan fingerprint density at radius 1 is 1.50 bits per heavy atom. The van der Waals surface area contributed by atoms with E-state index >= 15 is 0 Å². The first-order valence-corrected chi connectivity index (χ1v) is 5.63. The summed E-state index contributed by atoms with van der Waals surface area (Å²) >= 11 is 0. The van der Waals surface area contributed by atoms with Gasteiger partial charge >= 0.3 is 0 Å². The summed E-state index contributed by atoms with van der Waals surface area (Å²) in [6.07, 6.45) is 0. The number of carbonyl (C=O) groups is 1. The van der Waals surface area contributed by atoms with Crippen LogP contribution >= 0.6 is 0 Å². The van der Waals surface area contributed by atoms with E-state index in [1.54, 1.807) is 20.8 Å². The molecule has 2 unspecified atom stereocenters. The van der Waals surface area contributed by atoms with Gasteiger partial charge in [-0.15, -0.1) is 0 Å². The zero-order valence-corrected chi connectivity index (χ0v) is 10.6. The van der Waals surface area contributed by atoms with Crippen LogP contribution in [0.15, 0.2) is 12.1 Å². The fourth-order valence-corrected chi connectivity index (χ4v) is 1.36. The van der Waals surface area contributed by atoms with Gasteiger partial charge in [0.05, 0.1) is 17.6 Å². The van der Waals surface area contributed by atoms with Gasteiger partial charge in [-0.3, -0.25) is 4.79 Å². The number of carbonyl (C=O) groups excluding carboxylic acids is 1. The van der Waals surface area contributed by atoms with Gasteiger partial charge in [0.1, 0.15) is 5.82 Å². The van der Waals surface area contributed by atoms with Gasteiger partial charge in [-0.1, -0.05) is 6.92 Å². The van der Waals surface area contributed by atoms with Crippen LogP contribution in [0.1, 0.15) is 25.0 Å². The number of amides is 1. The van der Waals surface area contributed by atoms with Crippen LogP contribution in [0.2, 0.25) is 0 Å². The second-order valence-corrected chi connectivity index (χ2v) is 4.38. The highest BCUT2D eigenvalue weighted by Gasteiger charge is 2.18. The van der Waals surface area contributed by atoms with E-state index in [1.807, 2.05) is 6.07 Å². The molecule has 18 heavy (non-hydrogen) atoms. The van der Waals surface area contributed by atoms with Crippen molar-refractivity contribution in [2.45, 2.75) is 26.8 Å². The zero-order valence-electron chi connectivity index (χ0n) is 10.6. The normalized spacial score (nSPS) is 13.6. The molecule has 0 saturated heterocycles. The van der Waals surface area contributed by atoms with E-state index < -0.39 is 11.7 Å². The molecule has 2 atom stereocenters. The molecule has 1 aromatic rings. The largest absolute Gasteiger partial charge is 0.327 e. The first kappa shape index (κ1) is 14.1. The molecule has 0 heterocycles. The average molecular weight is 249 g/mol. The maximum absolute atomic E-state index is 13.5. The van der Waals surface area contributed by atoms with Gasteiger partial charge in [0.2, 0.25) is 5.91 Å². The molecular weight excluding hydrogens is 233 g/mol. The monoisotopic (exact) mass is 249 g/mol. The Morgan fingerprint density at radius 2 is 2.11 bits per heavy atom. The summed E-state index contributed by atoms with van der Waals surface area (Å²) < 4.78 is 13.5. The van der Waals surface area contributed by atoms with Crippen LogP contribution < -0.4 is 11.1 Å². The van der Waals surface area contributed by atoms with E-state index in [2.05, 4.69) is 5.32 Å². The highest BCUT2D eigenvalue weighted by molar-refractivity contribution is 5.93. The Balaban J connectivity index is 3.01. The van der Waals surface area contributed by atoms with Crippen LogP contribution in [-0.2, 0) is 4.79 Å². The molecule has 0 fully saturated rings. The first-order chi connectivity index (χ1) is 8.36. The number of nitrogens with zero attached hydrogens (tertiary/aromatic N) is 1. The molecule has 0 aromatic heterocycles. The van der Waals surface area contributed by atoms with Crippen molar-refractivity contribution >= 4 is 11.6 Å². The molecular formula is C13H16FN3O. The molecule has 0 aliphatic rings. The van der Waals surface area contributed by atoms with Crippen molar-refractivity contribution in [3.63, 3.8) is 0 Å². The Hall–Kier alpha value is -1.93. The number of nitrogens with two attached hydrogens (primary N) is 1. The quantitative estimate of drug-likeness (QED) is 0.859. The van der Waals surface area contributed by atoms with Crippen molar-refractivity contribution in [2.75, 3.05) is 5.32 Å². The molecule has 5 heteroatoms. The number of nitriles is 1. The molecule has 0 radical (unpaired) electrons. The molecule has 0 saturated carbocycles. The fraction of sp³-hybridized carbons (Fsp3) is 0.385. The van der Waals surface area contributed by atoms with Gasteiger partial charge in [-0.05, 0) is 26.0 Å². The molecule has 3 N–H and O–H groups in total. The van der Waals surface area contributed by atoms with Gasteiger partial charge in [-0.2, -0.15) is 5.26 Å². The smallest absolute Gasteiger partial charge is 0.228 e. The Labute approximate surface area is 106 Å². The third-order valence-corrected chi connectivity index (χ3v) is 2.93. The van der Waals surface area contributed by atoms with Crippen molar-refractivity contribution in [1.29, 1.82) is 5.26 Å². The van der Waals surface area contributed by atoms with Gasteiger partial charge in [0.15, 0.2) is 0 Å². The maximum atomic E-state index is 13.5. The van der Waals surface area contributed by atoms with Gasteiger partial charge in [-0.25, -0.2) is 4.39 Å². The second kappa shape index (κ2) is 5.61. The summed E-state index contributed by atoms with van der Waals surface area (Å²) in [5.41, 5.74) is 6.41. The van der Waals surface area contributed by atoms with E-state index in [-0.39, 0.29) is 17.5 Å². The predicted octanol–water partition coefficient (Wildman–Crippen LogP) is 1.93. The van der Waals surface area contributed by atoms with E-state index in [0.717, 1.165) is 6.07 Å². The van der Waals surface area contributed by atoms with Crippen LogP contribution in [0.3, 0.4) is 0 Å². The number of nitrogens with one attached hydrogen (secondary N) is 1. The predicted molar refractivity (Wildman–Crippen MR) is 67.3 cm³/mol. The van der Waals surface area contributed by atoms with Crippen LogP contribution in [0.25, 0.3) is 0 Å². The summed E-state index contributed by atoms with van der Waals surface area (Å²) in [6, 6.07) is 4.14. The number of benzene rings is 1. The molecule has 0 aliphatic carbocycles. The van der Waals surface area contributed by atoms with Crippen LogP contribution in [0.4, 0.5) is 10.1 Å². The highest BCUT2D eigenvalue weighted by Crippen LogP contribution is 2.21. The Bertz CT molecular complexity index is 506. The molecule has 1 rings (SSSR count). The number of hydrogen-bond acceptors (Lipinski definition) is 3. The summed E-state index contributed by atoms with van der Waals surface area (Å²) in [4.78, 5) is 11.8. The van der Waals surface area contributed by atoms with Crippen LogP contribution in [0, 0.1) is 30.0 Å². The lowest BCUT2D eigenvalue weighted by atomic mass is 10.0. The summed E-state index contributed by atoms with van der Waals surface area (Å²) in [5.74, 6) is -1.20. The molecule has 96 valence electrons. The minimum absolute atomic E-state index is 0.168. The van der Waals surface area contributed by atoms with E-state index in [9.17, 15) is 9.18 Å². The molecule has 1 amide bonds. The maximum Gasteiger partial charge on any atom is 0.228 e. The van der Waals surface area contributed by atoms with Gasteiger partial charge in [0.25, 0.3) is 0 Å². The Morgan fingerprint density at radius 3 is 2.61 bits per heavy atom. The fourth-order valence-electron chi connectivity index (χ4n) is 1.36. The summed E-state index contributed by atoms with van der Waals surface area (Å²) in [7, 11) is 0. The van der Waals surface area contributed by atoms with Crippen molar-refractivity contribution in [1.82, 2.24) is 0 Å². The van der Waals surface area contributed by atoms with Gasteiger partial charge in [0, 0.05) is 17.3 Å². The first-order valence-electron chi connectivity index (χ1n) is 5.63. The third-order valence-electron chi connectivity index (χ3n) is 2.93. The molecule has 1 aromatic carbocycles. The topological polar surface area (TPSA) is 78.9 Å². The van der Waals surface area contributed by atoms with Crippen molar-refractivity contribution < 1.29 is 9.18 Å². The number of hydrogen-bond donors (Lipinski definition) is 2. The number of halogens is 1. The van der Waals surface area contributed by atoms with Gasteiger partial charge < -0.3 is 11.1 Å². The lowest BCUT2D eigenvalue weighted by Crippen LogP contribution is -2.34. The number of anilines is 1. The molecule has 0 aliphatic heterocycles. The highest BCUT2D eigenvalue weighted by atomic mass is 19.1. The van der Waals surface area contributed by atoms with Crippen molar-refractivity contribution in [3.05, 3.63) is 29.1 Å². The zero-order chi connectivity index (χ0) is 13.9. The lowest BCUT2D eigenvalue weighted by molar-refractivity contribution is -0.119. The van der Waals surface area contributed by atoms with Crippen molar-refractivity contribution in [3.8, 4) is 6.07 Å². The number of rotatable bonds is 3. The van der Waals surface area contributed by atoms with Crippen molar-refractivity contribution in [2.24, 2.45) is 11.7 Å². The average Bonchev–Trinajstić information content (AvgIpc) is 2.33. The third kappa shape index (κ3) is 3.05. The van der Waals surface area contributed by atoms with Crippen LogP contribution in [0.5, 0.6) is 0 Å². The minimum Gasteiger partial charge on any atom is -0.327 e. The van der Waals surface area contributed by atoms with E-state index in [0.29, 0.717) is 11.3 Å². The molecule has 4 nitrogen and oxygen atoms in total. The SMILES string of the molecule is Cc1c(F)cc(C#N)cc1NC(=O)C(C)C(C)N. The molecule has 0 bridgehead atoms. The lowest BCUT2D eigenvalue weighted by Gasteiger charge is -2.16. The summed E-state index contributed by atoms with van der Waals surface area (Å²) in [5, 5.41) is 11.4.